The highest BCUT2D eigenvalue weighted by Crippen LogP contribution is 2.43. The molecule has 6 rings (SSSR count). The van der Waals surface area contributed by atoms with E-state index in [2.05, 4.69) is 81.0 Å². The average molecular weight is 523 g/mol. The summed E-state index contributed by atoms with van der Waals surface area (Å²) >= 11 is 0. The largest absolute Gasteiger partial charge is 0.369 e. The third-order valence-electron chi connectivity index (χ3n) is 8.36. The Labute approximate surface area is 230 Å². The van der Waals surface area contributed by atoms with Crippen molar-refractivity contribution in [2.24, 2.45) is 7.05 Å². The van der Waals surface area contributed by atoms with Gasteiger partial charge in [0.15, 0.2) is 0 Å². The van der Waals surface area contributed by atoms with Crippen LogP contribution in [0.3, 0.4) is 0 Å². The summed E-state index contributed by atoms with van der Waals surface area (Å²) in [4.78, 5) is 21.0. The molecule has 200 valence electrons. The lowest BCUT2D eigenvalue weighted by atomic mass is 9.80. The van der Waals surface area contributed by atoms with Crippen LogP contribution in [0, 0.1) is 5.82 Å². The topological polar surface area (TPSA) is 31.7 Å². The van der Waals surface area contributed by atoms with E-state index < -0.39 is 0 Å². The molecule has 2 aliphatic heterocycles. The summed E-state index contributed by atoms with van der Waals surface area (Å²) in [6.07, 6.45) is 2.90. The fraction of sp³-hybridized carbons (Fsp3) is 0.303. The number of carbonyl (C=O) groups excluding carboxylic acids is 1. The maximum atomic E-state index is 14.0. The molecule has 1 amide bonds. The summed E-state index contributed by atoms with van der Waals surface area (Å²) in [5.74, 6) is 0.0668. The van der Waals surface area contributed by atoms with Gasteiger partial charge < -0.3 is 14.4 Å². The quantitative estimate of drug-likeness (QED) is 0.321. The predicted octanol–water partition coefficient (Wildman–Crippen LogP) is 5.51. The third kappa shape index (κ3) is 5.21. The van der Waals surface area contributed by atoms with Crippen LogP contribution < -0.4 is 4.90 Å². The number of nitrogens with zero attached hydrogens (tertiary/aromatic N) is 4. The lowest BCUT2D eigenvalue weighted by molar-refractivity contribution is 0.0569. The van der Waals surface area contributed by atoms with Crippen molar-refractivity contribution in [1.29, 1.82) is 0 Å². The van der Waals surface area contributed by atoms with Crippen molar-refractivity contribution in [2.75, 3.05) is 44.2 Å². The zero-order chi connectivity index (χ0) is 26.8. The molecular weight excluding hydrogens is 487 g/mol. The summed E-state index contributed by atoms with van der Waals surface area (Å²) in [6.45, 7) is 5.18. The fourth-order valence-electron chi connectivity index (χ4n) is 6.28. The Bertz CT molecular complexity index is 1410. The van der Waals surface area contributed by atoms with E-state index in [4.69, 9.17) is 0 Å². The van der Waals surface area contributed by atoms with Crippen LogP contribution in [0.5, 0.6) is 0 Å². The number of benzene rings is 3. The number of carbonyl (C=O) groups is 1. The van der Waals surface area contributed by atoms with Gasteiger partial charge in [0.05, 0.1) is 6.04 Å². The second-order valence-corrected chi connectivity index (χ2v) is 10.7. The number of aryl methyl sites for hydroxylation is 1. The Kier molecular flexibility index (Phi) is 7.20. The van der Waals surface area contributed by atoms with Crippen molar-refractivity contribution >= 4 is 11.6 Å². The molecule has 1 fully saturated rings. The molecule has 2 atom stereocenters. The number of aromatic nitrogens is 1. The molecule has 0 saturated carbocycles. The maximum Gasteiger partial charge on any atom is 0.254 e. The number of fused-ring (bicyclic) bond motifs is 1. The van der Waals surface area contributed by atoms with E-state index in [1.165, 1.54) is 23.4 Å². The molecule has 5 nitrogen and oxygen atoms in total. The van der Waals surface area contributed by atoms with Crippen LogP contribution in [0.1, 0.15) is 39.1 Å². The van der Waals surface area contributed by atoms with Gasteiger partial charge in [0.25, 0.3) is 5.91 Å². The molecule has 0 N–H and O–H groups in total. The number of hydrogen-bond acceptors (Lipinski definition) is 3. The summed E-state index contributed by atoms with van der Waals surface area (Å²) in [6, 6.07) is 29.6. The Balaban J connectivity index is 1.28. The van der Waals surface area contributed by atoms with Crippen molar-refractivity contribution in [3.8, 4) is 0 Å². The van der Waals surface area contributed by atoms with Crippen LogP contribution in [-0.2, 0) is 13.5 Å². The lowest BCUT2D eigenvalue weighted by Gasteiger charge is -2.45. The van der Waals surface area contributed by atoms with Gasteiger partial charge in [-0.3, -0.25) is 9.69 Å². The fourth-order valence-corrected chi connectivity index (χ4v) is 6.28. The molecule has 3 heterocycles. The van der Waals surface area contributed by atoms with Gasteiger partial charge in [-0.15, -0.1) is 0 Å². The molecule has 4 aromatic rings. The van der Waals surface area contributed by atoms with Crippen LogP contribution in [0.25, 0.3) is 0 Å². The first-order chi connectivity index (χ1) is 19.1. The molecular formula is C33H35FN4O. The normalized spacial score (nSPS) is 19.8. The molecule has 39 heavy (non-hydrogen) atoms. The minimum atomic E-state index is -0.202. The van der Waals surface area contributed by atoms with Crippen molar-refractivity contribution in [3.63, 3.8) is 0 Å². The Morgan fingerprint density at radius 2 is 1.54 bits per heavy atom. The van der Waals surface area contributed by atoms with E-state index in [0.717, 1.165) is 56.0 Å². The summed E-state index contributed by atoms with van der Waals surface area (Å²) in [5.41, 5.74) is 5.44. The van der Waals surface area contributed by atoms with E-state index in [0.29, 0.717) is 6.54 Å². The minimum Gasteiger partial charge on any atom is -0.369 e. The summed E-state index contributed by atoms with van der Waals surface area (Å²) in [7, 11) is 2.08. The van der Waals surface area contributed by atoms with Crippen LogP contribution in [0.2, 0.25) is 0 Å². The van der Waals surface area contributed by atoms with Gasteiger partial charge in [0.1, 0.15) is 5.82 Å². The summed E-state index contributed by atoms with van der Waals surface area (Å²) in [5, 5.41) is 0. The van der Waals surface area contributed by atoms with E-state index in [1.54, 1.807) is 0 Å². The Hall–Kier alpha value is -3.90. The number of anilines is 1. The number of halogens is 1. The number of amides is 1. The molecule has 6 heteroatoms. The minimum absolute atomic E-state index is 0.0498. The Morgan fingerprint density at radius 3 is 2.26 bits per heavy atom. The van der Waals surface area contributed by atoms with Crippen molar-refractivity contribution in [2.45, 2.75) is 18.4 Å². The number of hydrogen-bond donors (Lipinski definition) is 0. The Morgan fingerprint density at radius 1 is 0.821 bits per heavy atom. The van der Waals surface area contributed by atoms with Crippen LogP contribution in [0.15, 0.2) is 97.2 Å². The monoisotopic (exact) mass is 522 g/mol. The molecule has 0 unspecified atom stereocenters. The lowest BCUT2D eigenvalue weighted by Crippen LogP contribution is -2.51. The first-order valence-corrected chi connectivity index (χ1v) is 13.9. The van der Waals surface area contributed by atoms with Gasteiger partial charge in [-0.2, -0.15) is 0 Å². The molecule has 0 bridgehead atoms. The standard InChI is InChI=1S/C33H35FN4O/c1-35-18-7-12-31(35)32-30(24-36-20-22-37(23-21-36)27-15-13-26(34)14-16-27)28-10-5-6-11-29(28)33(39)38(32)19-17-25-8-3-2-4-9-25/h2-16,18,30,32H,17,19-24H2,1H3/t30-,32-/m0/s1. The number of rotatable bonds is 7. The summed E-state index contributed by atoms with van der Waals surface area (Å²) < 4.78 is 15.6. The van der Waals surface area contributed by atoms with E-state index in [1.807, 2.05) is 30.3 Å². The maximum absolute atomic E-state index is 14.0. The van der Waals surface area contributed by atoms with Crippen molar-refractivity contribution in [3.05, 3.63) is 125 Å². The second kappa shape index (κ2) is 11.1. The first-order valence-electron chi connectivity index (χ1n) is 13.9. The molecule has 1 aromatic heterocycles. The molecule has 0 aliphatic carbocycles. The highest BCUT2D eigenvalue weighted by atomic mass is 19.1. The van der Waals surface area contributed by atoms with Crippen molar-refractivity contribution < 1.29 is 9.18 Å². The molecule has 1 saturated heterocycles. The molecule has 0 radical (unpaired) electrons. The van der Waals surface area contributed by atoms with Gasteiger partial charge in [-0.1, -0.05) is 48.5 Å². The zero-order valence-electron chi connectivity index (χ0n) is 22.4. The SMILES string of the molecule is Cn1cccc1[C@@H]1[C@@H](CN2CCN(c3ccc(F)cc3)CC2)c2ccccc2C(=O)N1CCc1ccccc1. The molecule has 3 aromatic carbocycles. The smallest absolute Gasteiger partial charge is 0.254 e. The van der Waals surface area contributed by atoms with E-state index in [9.17, 15) is 9.18 Å². The van der Waals surface area contributed by atoms with Gasteiger partial charge >= 0.3 is 0 Å². The molecule has 0 spiro atoms. The first kappa shape index (κ1) is 25.4. The average Bonchev–Trinajstić information content (AvgIpc) is 3.40. The van der Waals surface area contributed by atoms with Gasteiger partial charge in [-0.05, 0) is 60.0 Å². The zero-order valence-corrected chi connectivity index (χ0v) is 22.4. The van der Waals surface area contributed by atoms with Gasteiger partial charge in [-0.25, -0.2) is 4.39 Å². The van der Waals surface area contributed by atoms with Gasteiger partial charge in [0, 0.05) is 75.4 Å². The van der Waals surface area contributed by atoms with Crippen LogP contribution in [-0.4, -0.2) is 59.5 Å². The highest BCUT2D eigenvalue weighted by molar-refractivity contribution is 5.97. The highest BCUT2D eigenvalue weighted by Gasteiger charge is 2.42. The van der Waals surface area contributed by atoms with Crippen LogP contribution in [0.4, 0.5) is 10.1 Å². The van der Waals surface area contributed by atoms with Crippen molar-refractivity contribution in [1.82, 2.24) is 14.4 Å². The van der Waals surface area contributed by atoms with E-state index >= 15 is 0 Å². The van der Waals surface area contributed by atoms with E-state index in [-0.39, 0.29) is 23.7 Å². The predicted molar refractivity (Wildman–Crippen MR) is 154 cm³/mol. The molecule has 2 aliphatic rings. The second-order valence-electron chi connectivity index (χ2n) is 10.7. The van der Waals surface area contributed by atoms with Gasteiger partial charge in [0.2, 0.25) is 0 Å². The van der Waals surface area contributed by atoms with Crippen LogP contribution >= 0.6 is 0 Å². The third-order valence-corrected chi connectivity index (χ3v) is 8.36. The number of piperazine rings is 1.